The molecule has 2 aromatic rings. The first kappa shape index (κ1) is 22.3. The summed E-state index contributed by atoms with van der Waals surface area (Å²) in [6.45, 7) is 3.86. The fourth-order valence-corrected chi connectivity index (χ4v) is 2.88. The van der Waals surface area contributed by atoms with Crippen LogP contribution in [-0.2, 0) is 13.0 Å². The lowest BCUT2D eigenvalue weighted by molar-refractivity contribution is 0.354. The smallest absolute Gasteiger partial charge is 0.191 e. The lowest BCUT2D eigenvalue weighted by Gasteiger charge is -2.14. The third-order valence-electron chi connectivity index (χ3n) is 4.41. The molecular weight excluding hydrogens is 371 g/mol. The average Bonchev–Trinajstić information content (AvgIpc) is 2.71. The first-order valence-electron chi connectivity index (χ1n) is 9.67. The Kier molecular flexibility index (Phi) is 8.58. The maximum atomic E-state index is 14.1. The molecule has 0 aromatic heterocycles. The number of hydrogen-bond donors (Lipinski definition) is 2. The van der Waals surface area contributed by atoms with Crippen LogP contribution in [0, 0.1) is 5.82 Å². The van der Waals surface area contributed by atoms with Gasteiger partial charge in [0.2, 0.25) is 0 Å². The molecule has 7 heteroatoms. The summed E-state index contributed by atoms with van der Waals surface area (Å²) in [7, 11) is 6.89. The third-order valence-corrected chi connectivity index (χ3v) is 4.41. The van der Waals surface area contributed by atoms with E-state index in [2.05, 4.69) is 15.6 Å². The van der Waals surface area contributed by atoms with Gasteiger partial charge in [-0.25, -0.2) is 9.38 Å². The van der Waals surface area contributed by atoms with Crippen molar-refractivity contribution in [2.24, 2.45) is 4.99 Å². The van der Waals surface area contributed by atoms with Crippen molar-refractivity contribution in [3.05, 3.63) is 53.3 Å². The van der Waals surface area contributed by atoms with E-state index in [-0.39, 0.29) is 5.82 Å². The number of nitrogens with one attached hydrogen (secondary N) is 2. The van der Waals surface area contributed by atoms with Crippen molar-refractivity contribution in [3.63, 3.8) is 0 Å². The van der Waals surface area contributed by atoms with Crippen molar-refractivity contribution in [1.29, 1.82) is 0 Å². The molecule has 0 unspecified atom stereocenters. The highest BCUT2D eigenvalue weighted by Crippen LogP contribution is 2.27. The van der Waals surface area contributed by atoms with Crippen LogP contribution in [0.25, 0.3) is 0 Å². The largest absolute Gasteiger partial charge is 0.493 e. The first-order valence-corrected chi connectivity index (χ1v) is 9.67. The van der Waals surface area contributed by atoms with Gasteiger partial charge >= 0.3 is 0 Å². The molecule has 2 rings (SSSR count). The molecule has 0 saturated carbocycles. The van der Waals surface area contributed by atoms with Gasteiger partial charge in [-0.2, -0.15) is 0 Å². The highest BCUT2D eigenvalue weighted by atomic mass is 19.1. The van der Waals surface area contributed by atoms with Gasteiger partial charge in [0.05, 0.1) is 26.5 Å². The minimum atomic E-state index is -0.242. The van der Waals surface area contributed by atoms with Gasteiger partial charge in [0, 0.05) is 27.2 Å². The summed E-state index contributed by atoms with van der Waals surface area (Å²) in [6, 6.07) is 11.1. The Balaban J connectivity index is 1.96. The molecule has 6 nitrogen and oxygen atoms in total. The van der Waals surface area contributed by atoms with Crippen molar-refractivity contribution in [3.8, 4) is 11.5 Å². The van der Waals surface area contributed by atoms with Crippen molar-refractivity contribution >= 4 is 11.6 Å². The van der Waals surface area contributed by atoms with Gasteiger partial charge in [0.15, 0.2) is 17.5 Å². The Hall–Kier alpha value is -2.96. The van der Waals surface area contributed by atoms with Gasteiger partial charge in [0.25, 0.3) is 0 Å². The van der Waals surface area contributed by atoms with E-state index in [1.54, 1.807) is 25.2 Å². The monoisotopic (exact) mass is 402 g/mol. The number of hydrogen-bond acceptors (Lipinski definition) is 4. The number of methoxy groups -OCH3 is 2. The molecule has 0 spiro atoms. The van der Waals surface area contributed by atoms with Crippen LogP contribution in [0.3, 0.4) is 0 Å². The van der Waals surface area contributed by atoms with E-state index in [1.807, 2.05) is 45.3 Å². The second-order valence-electron chi connectivity index (χ2n) is 6.74. The molecule has 29 heavy (non-hydrogen) atoms. The van der Waals surface area contributed by atoms with E-state index in [1.165, 1.54) is 6.07 Å². The molecule has 0 saturated heterocycles. The summed E-state index contributed by atoms with van der Waals surface area (Å²) in [5, 5.41) is 6.53. The maximum Gasteiger partial charge on any atom is 0.191 e. The zero-order valence-corrected chi connectivity index (χ0v) is 17.9. The normalized spacial score (nSPS) is 11.2. The van der Waals surface area contributed by atoms with Gasteiger partial charge in [-0.1, -0.05) is 12.1 Å². The van der Waals surface area contributed by atoms with Gasteiger partial charge < -0.3 is 25.0 Å². The Labute approximate surface area is 172 Å². The van der Waals surface area contributed by atoms with E-state index in [9.17, 15) is 4.39 Å². The van der Waals surface area contributed by atoms with E-state index in [0.29, 0.717) is 36.2 Å². The minimum absolute atomic E-state index is 0.242. The second-order valence-corrected chi connectivity index (χ2v) is 6.74. The van der Waals surface area contributed by atoms with Crippen molar-refractivity contribution < 1.29 is 13.9 Å². The third kappa shape index (κ3) is 6.55. The second kappa shape index (κ2) is 11.1. The van der Waals surface area contributed by atoms with E-state index in [4.69, 9.17) is 9.47 Å². The zero-order chi connectivity index (χ0) is 21.2. The fraction of sp³-hybridized carbons (Fsp3) is 0.409. The predicted octanol–water partition coefficient (Wildman–Crippen LogP) is 3.21. The molecule has 2 N–H and O–H groups in total. The lowest BCUT2D eigenvalue weighted by atomic mass is 10.1. The average molecular weight is 403 g/mol. The first-order chi connectivity index (χ1) is 14.0. The molecule has 0 heterocycles. The molecule has 2 aromatic carbocycles. The number of ether oxygens (including phenoxy) is 2. The number of nitrogens with zero attached hydrogens (tertiary/aromatic N) is 2. The molecule has 0 bridgehead atoms. The maximum absolute atomic E-state index is 14.1. The predicted molar refractivity (Wildman–Crippen MR) is 117 cm³/mol. The SMILES string of the molecule is CCNC(=NCc1ccc(N(C)C)c(F)c1)NCCc1ccc(OC)c(OC)c1. The Morgan fingerprint density at radius 1 is 1.00 bits per heavy atom. The number of benzene rings is 2. The summed E-state index contributed by atoms with van der Waals surface area (Å²) in [4.78, 5) is 6.31. The zero-order valence-electron chi connectivity index (χ0n) is 17.9. The molecule has 0 fully saturated rings. The van der Waals surface area contributed by atoms with Crippen LogP contribution < -0.4 is 25.0 Å². The molecule has 0 aliphatic carbocycles. The molecule has 0 amide bonds. The fourth-order valence-electron chi connectivity index (χ4n) is 2.88. The summed E-state index contributed by atoms with van der Waals surface area (Å²) in [5.74, 6) is 1.89. The summed E-state index contributed by atoms with van der Waals surface area (Å²) in [6.07, 6.45) is 0.803. The van der Waals surface area contributed by atoms with Crippen molar-refractivity contribution in [2.45, 2.75) is 19.9 Å². The number of aliphatic imine (C=N–C) groups is 1. The molecule has 0 radical (unpaired) electrons. The number of anilines is 1. The topological polar surface area (TPSA) is 58.1 Å². The number of halogens is 1. The van der Waals surface area contributed by atoms with Crippen LogP contribution in [0.15, 0.2) is 41.4 Å². The summed E-state index contributed by atoms with van der Waals surface area (Å²) >= 11 is 0. The van der Waals surface area contributed by atoms with Gasteiger partial charge in [-0.15, -0.1) is 0 Å². The number of rotatable bonds is 9. The molecule has 0 aliphatic rings. The van der Waals surface area contributed by atoms with Crippen molar-refractivity contribution in [2.75, 3.05) is 46.3 Å². The van der Waals surface area contributed by atoms with Gasteiger partial charge in [-0.3, -0.25) is 0 Å². The Morgan fingerprint density at radius 2 is 1.72 bits per heavy atom. The van der Waals surface area contributed by atoms with Crippen LogP contribution >= 0.6 is 0 Å². The van der Waals surface area contributed by atoms with Crippen LogP contribution in [0.1, 0.15) is 18.1 Å². The van der Waals surface area contributed by atoms with Gasteiger partial charge in [-0.05, 0) is 48.7 Å². The Bertz CT molecular complexity index is 824. The quantitative estimate of drug-likeness (QED) is 0.498. The number of guanidine groups is 1. The molecule has 158 valence electrons. The standard InChI is InChI=1S/C22H31FN4O2/c1-6-24-22(26-15-17-7-9-19(27(2)3)18(23)13-17)25-12-11-16-8-10-20(28-4)21(14-16)29-5/h7-10,13-14H,6,11-12,15H2,1-5H3,(H2,24,25,26). The van der Waals surface area contributed by atoms with Crippen molar-refractivity contribution in [1.82, 2.24) is 10.6 Å². The van der Waals surface area contributed by atoms with E-state index >= 15 is 0 Å². The summed E-state index contributed by atoms with van der Waals surface area (Å²) < 4.78 is 24.8. The lowest BCUT2D eigenvalue weighted by Crippen LogP contribution is -2.38. The Morgan fingerprint density at radius 3 is 2.34 bits per heavy atom. The molecular formula is C22H31FN4O2. The highest BCUT2D eigenvalue weighted by Gasteiger charge is 2.07. The molecule has 0 atom stereocenters. The minimum Gasteiger partial charge on any atom is -0.493 e. The van der Waals surface area contributed by atoms with E-state index in [0.717, 1.165) is 24.1 Å². The van der Waals surface area contributed by atoms with Crippen LogP contribution in [0.2, 0.25) is 0 Å². The summed E-state index contributed by atoms with van der Waals surface area (Å²) in [5.41, 5.74) is 2.52. The van der Waals surface area contributed by atoms with Gasteiger partial charge in [0.1, 0.15) is 5.82 Å². The highest BCUT2D eigenvalue weighted by molar-refractivity contribution is 5.79. The van der Waals surface area contributed by atoms with Crippen LogP contribution in [-0.4, -0.2) is 47.4 Å². The molecule has 0 aliphatic heterocycles. The van der Waals surface area contributed by atoms with Crippen LogP contribution in [0.4, 0.5) is 10.1 Å². The van der Waals surface area contributed by atoms with Crippen LogP contribution in [0.5, 0.6) is 11.5 Å². The van der Waals surface area contributed by atoms with E-state index < -0.39 is 0 Å².